The van der Waals surface area contributed by atoms with Crippen LogP contribution in [-0.4, -0.2) is 49.9 Å². The second-order valence-corrected chi connectivity index (χ2v) is 6.80. The Labute approximate surface area is 95.9 Å². The Bertz CT molecular complexity index is 330. The third-order valence-corrected chi connectivity index (χ3v) is 2.45. The van der Waals surface area contributed by atoms with Gasteiger partial charge in [0, 0.05) is 6.26 Å². The second-order valence-electron chi connectivity index (χ2n) is 4.62. The van der Waals surface area contributed by atoms with E-state index in [0.717, 1.165) is 6.26 Å². The zero-order chi connectivity index (χ0) is 13.0. The van der Waals surface area contributed by atoms with Crippen molar-refractivity contribution < 1.29 is 23.1 Å². The molecule has 0 saturated carbocycles. The van der Waals surface area contributed by atoms with Gasteiger partial charge in [-0.2, -0.15) is 0 Å². The predicted molar refractivity (Wildman–Crippen MR) is 60.0 cm³/mol. The molecule has 0 rings (SSSR count). The Morgan fingerprint density at radius 1 is 1.44 bits per heavy atom. The Morgan fingerprint density at radius 3 is 2.25 bits per heavy atom. The van der Waals surface area contributed by atoms with Gasteiger partial charge in [-0.25, -0.2) is 13.2 Å². The smallest absolute Gasteiger partial charge is 0.407 e. The van der Waals surface area contributed by atoms with E-state index >= 15 is 0 Å². The van der Waals surface area contributed by atoms with Crippen molar-refractivity contribution in [1.29, 1.82) is 0 Å². The molecule has 0 bridgehead atoms. The maximum Gasteiger partial charge on any atom is 0.407 e. The molecular weight excluding hydrogens is 234 g/mol. The number of aliphatic hydroxyl groups is 1. The third kappa shape index (κ3) is 8.49. The van der Waals surface area contributed by atoms with E-state index in [1.165, 1.54) is 0 Å². The lowest BCUT2D eigenvalue weighted by Crippen LogP contribution is -2.44. The molecule has 0 unspecified atom stereocenters. The highest BCUT2D eigenvalue weighted by atomic mass is 32.2. The number of carbonyl (C=O) groups is 1. The van der Waals surface area contributed by atoms with Gasteiger partial charge >= 0.3 is 6.09 Å². The highest BCUT2D eigenvalue weighted by molar-refractivity contribution is 7.90. The van der Waals surface area contributed by atoms with E-state index in [9.17, 15) is 13.2 Å². The van der Waals surface area contributed by atoms with Crippen LogP contribution in [0, 0.1) is 0 Å². The SMILES string of the molecule is CC(C)(C)OC(=O)N[C@@H](CO)CS(C)(=O)=O. The fourth-order valence-electron chi connectivity index (χ4n) is 0.980. The number of rotatable bonds is 4. The molecule has 0 spiro atoms. The van der Waals surface area contributed by atoms with Gasteiger partial charge in [-0.15, -0.1) is 0 Å². The molecule has 96 valence electrons. The maximum absolute atomic E-state index is 11.3. The van der Waals surface area contributed by atoms with Crippen LogP contribution in [-0.2, 0) is 14.6 Å². The van der Waals surface area contributed by atoms with Crippen LogP contribution in [0.2, 0.25) is 0 Å². The third-order valence-electron chi connectivity index (χ3n) is 1.45. The molecular formula is C9H19NO5S. The standard InChI is InChI=1S/C9H19NO5S/c1-9(2,3)15-8(12)10-7(5-11)6-16(4,13)14/h7,11H,5-6H2,1-4H3,(H,10,12)/t7-/m0/s1. The molecule has 2 N–H and O–H groups in total. The summed E-state index contributed by atoms with van der Waals surface area (Å²) in [5, 5.41) is 11.2. The maximum atomic E-state index is 11.3. The minimum atomic E-state index is -3.26. The first kappa shape index (κ1) is 15.2. The molecule has 0 saturated heterocycles. The molecule has 1 amide bonds. The van der Waals surface area contributed by atoms with Gasteiger partial charge in [-0.3, -0.25) is 0 Å². The number of hydrogen-bond acceptors (Lipinski definition) is 5. The van der Waals surface area contributed by atoms with Crippen molar-refractivity contribution in [2.24, 2.45) is 0 Å². The summed E-state index contributed by atoms with van der Waals surface area (Å²) in [5.74, 6) is -0.317. The second kappa shape index (κ2) is 5.49. The van der Waals surface area contributed by atoms with E-state index < -0.39 is 34.2 Å². The summed E-state index contributed by atoms with van der Waals surface area (Å²) in [4.78, 5) is 11.3. The Morgan fingerprint density at radius 2 is 1.94 bits per heavy atom. The van der Waals surface area contributed by atoms with E-state index in [1.807, 2.05) is 0 Å². The summed E-state index contributed by atoms with van der Waals surface area (Å²) in [5.41, 5.74) is -0.658. The number of nitrogens with one attached hydrogen (secondary N) is 1. The first-order valence-electron chi connectivity index (χ1n) is 4.81. The normalized spacial score (nSPS) is 14.3. The molecule has 0 heterocycles. The quantitative estimate of drug-likeness (QED) is 0.731. The first-order valence-corrected chi connectivity index (χ1v) is 6.87. The van der Waals surface area contributed by atoms with Crippen molar-refractivity contribution in [3.05, 3.63) is 0 Å². The molecule has 0 aromatic carbocycles. The predicted octanol–water partition coefficient (Wildman–Crippen LogP) is -0.0834. The van der Waals surface area contributed by atoms with Crippen LogP contribution in [0.5, 0.6) is 0 Å². The summed E-state index contributed by atoms with van der Waals surface area (Å²) in [6.07, 6.45) is 0.294. The van der Waals surface area contributed by atoms with E-state index in [-0.39, 0.29) is 5.75 Å². The van der Waals surface area contributed by atoms with Crippen LogP contribution in [0.3, 0.4) is 0 Å². The first-order chi connectivity index (χ1) is 7.03. The van der Waals surface area contributed by atoms with Gasteiger partial charge in [0.05, 0.1) is 18.4 Å². The number of carbonyl (C=O) groups excluding carboxylic acids is 1. The molecule has 1 atom stereocenters. The van der Waals surface area contributed by atoms with Gasteiger partial charge in [0.25, 0.3) is 0 Å². The molecule has 0 aliphatic rings. The van der Waals surface area contributed by atoms with Gasteiger partial charge in [0.1, 0.15) is 15.4 Å². The lowest BCUT2D eigenvalue weighted by atomic mass is 10.2. The van der Waals surface area contributed by atoms with Crippen molar-refractivity contribution in [3.63, 3.8) is 0 Å². The van der Waals surface area contributed by atoms with E-state index in [0.29, 0.717) is 0 Å². The zero-order valence-corrected chi connectivity index (χ0v) is 10.8. The van der Waals surface area contributed by atoms with E-state index in [1.54, 1.807) is 20.8 Å². The fraction of sp³-hybridized carbons (Fsp3) is 0.889. The fourth-order valence-corrected chi connectivity index (χ4v) is 1.90. The average Bonchev–Trinajstić information content (AvgIpc) is 1.96. The molecule has 0 aliphatic carbocycles. The van der Waals surface area contributed by atoms with Crippen LogP contribution < -0.4 is 5.32 Å². The molecule has 0 aromatic heterocycles. The van der Waals surface area contributed by atoms with Crippen molar-refractivity contribution >= 4 is 15.9 Å². The molecule has 0 fully saturated rings. The van der Waals surface area contributed by atoms with Crippen molar-refractivity contribution in [2.75, 3.05) is 18.6 Å². The van der Waals surface area contributed by atoms with E-state index in [4.69, 9.17) is 9.84 Å². The van der Waals surface area contributed by atoms with Crippen LogP contribution in [0.25, 0.3) is 0 Å². The molecule has 0 aliphatic heterocycles. The lowest BCUT2D eigenvalue weighted by Gasteiger charge is -2.22. The van der Waals surface area contributed by atoms with Gasteiger partial charge in [0.2, 0.25) is 0 Å². The zero-order valence-electron chi connectivity index (χ0n) is 9.98. The van der Waals surface area contributed by atoms with Gasteiger partial charge in [-0.05, 0) is 20.8 Å². The highest BCUT2D eigenvalue weighted by Gasteiger charge is 2.21. The largest absolute Gasteiger partial charge is 0.444 e. The summed E-state index contributed by atoms with van der Waals surface area (Å²) in [7, 11) is -3.26. The highest BCUT2D eigenvalue weighted by Crippen LogP contribution is 2.06. The Hall–Kier alpha value is -0.820. The van der Waals surface area contributed by atoms with Crippen LogP contribution in [0.1, 0.15) is 20.8 Å². The molecule has 0 radical (unpaired) electrons. The number of ether oxygens (including phenoxy) is 1. The Kier molecular flexibility index (Phi) is 5.21. The summed E-state index contributed by atoms with van der Waals surface area (Å²) in [6.45, 7) is 4.62. The topological polar surface area (TPSA) is 92.7 Å². The van der Waals surface area contributed by atoms with Crippen molar-refractivity contribution in [1.82, 2.24) is 5.32 Å². The molecule has 0 aromatic rings. The van der Waals surface area contributed by atoms with E-state index in [2.05, 4.69) is 5.32 Å². The average molecular weight is 253 g/mol. The molecule has 6 nitrogen and oxygen atoms in total. The monoisotopic (exact) mass is 253 g/mol. The molecule has 7 heteroatoms. The van der Waals surface area contributed by atoms with Gasteiger partial charge < -0.3 is 15.2 Å². The summed E-state index contributed by atoms with van der Waals surface area (Å²) >= 11 is 0. The van der Waals surface area contributed by atoms with Gasteiger partial charge in [0.15, 0.2) is 0 Å². The minimum absolute atomic E-state index is 0.317. The van der Waals surface area contributed by atoms with Crippen molar-refractivity contribution in [2.45, 2.75) is 32.4 Å². The number of aliphatic hydroxyl groups excluding tert-OH is 1. The summed E-state index contributed by atoms with van der Waals surface area (Å²) in [6, 6.07) is -0.843. The molecule has 16 heavy (non-hydrogen) atoms. The lowest BCUT2D eigenvalue weighted by molar-refractivity contribution is 0.0490. The minimum Gasteiger partial charge on any atom is -0.444 e. The number of amides is 1. The number of alkyl carbamates (subject to hydrolysis) is 1. The summed E-state index contributed by atoms with van der Waals surface area (Å²) < 4.78 is 26.9. The van der Waals surface area contributed by atoms with Crippen LogP contribution >= 0.6 is 0 Å². The number of sulfone groups is 1. The van der Waals surface area contributed by atoms with Crippen LogP contribution in [0.4, 0.5) is 4.79 Å². The van der Waals surface area contributed by atoms with Crippen molar-refractivity contribution in [3.8, 4) is 0 Å². The van der Waals surface area contributed by atoms with Crippen LogP contribution in [0.15, 0.2) is 0 Å². The Balaban J connectivity index is 4.29. The van der Waals surface area contributed by atoms with Gasteiger partial charge in [-0.1, -0.05) is 0 Å². The number of hydrogen-bond donors (Lipinski definition) is 2.